The SMILES string of the molecule is COCc1nc(Cl)cc(N2CCC(C)C2CO)n1. The molecule has 6 heteroatoms. The van der Waals surface area contributed by atoms with Gasteiger partial charge in [-0.2, -0.15) is 0 Å². The summed E-state index contributed by atoms with van der Waals surface area (Å²) in [6, 6.07) is 1.84. The first-order chi connectivity index (χ1) is 8.65. The van der Waals surface area contributed by atoms with Gasteiger partial charge >= 0.3 is 0 Å². The molecule has 2 unspecified atom stereocenters. The summed E-state index contributed by atoms with van der Waals surface area (Å²) in [5.41, 5.74) is 0. The predicted molar refractivity (Wildman–Crippen MR) is 69.8 cm³/mol. The van der Waals surface area contributed by atoms with E-state index in [1.54, 1.807) is 13.2 Å². The lowest BCUT2D eigenvalue weighted by atomic mass is 10.0. The van der Waals surface area contributed by atoms with E-state index in [1.165, 1.54) is 0 Å². The molecule has 0 amide bonds. The lowest BCUT2D eigenvalue weighted by Gasteiger charge is -2.26. The van der Waals surface area contributed by atoms with Crippen LogP contribution in [0.25, 0.3) is 0 Å². The topological polar surface area (TPSA) is 58.5 Å². The van der Waals surface area contributed by atoms with Gasteiger partial charge in [-0.25, -0.2) is 9.97 Å². The maximum absolute atomic E-state index is 9.47. The molecule has 1 aliphatic rings. The highest BCUT2D eigenvalue weighted by molar-refractivity contribution is 6.29. The molecule has 0 aliphatic carbocycles. The number of methoxy groups -OCH3 is 1. The van der Waals surface area contributed by atoms with Crippen LogP contribution in [0.5, 0.6) is 0 Å². The minimum absolute atomic E-state index is 0.103. The highest BCUT2D eigenvalue weighted by atomic mass is 35.5. The van der Waals surface area contributed by atoms with Gasteiger partial charge in [-0.3, -0.25) is 0 Å². The van der Waals surface area contributed by atoms with E-state index in [0.29, 0.717) is 23.5 Å². The Bertz CT molecular complexity index is 416. The van der Waals surface area contributed by atoms with Gasteiger partial charge in [-0.1, -0.05) is 18.5 Å². The van der Waals surface area contributed by atoms with Crippen LogP contribution in [0.15, 0.2) is 6.07 Å². The van der Waals surface area contributed by atoms with Gasteiger partial charge in [0, 0.05) is 19.7 Å². The van der Waals surface area contributed by atoms with Crippen molar-refractivity contribution in [1.82, 2.24) is 9.97 Å². The number of aliphatic hydroxyl groups is 1. The minimum Gasteiger partial charge on any atom is -0.394 e. The summed E-state index contributed by atoms with van der Waals surface area (Å²) in [5.74, 6) is 1.79. The largest absolute Gasteiger partial charge is 0.394 e. The Morgan fingerprint density at radius 3 is 3.00 bits per heavy atom. The lowest BCUT2D eigenvalue weighted by molar-refractivity contribution is 0.177. The van der Waals surface area contributed by atoms with Crippen LogP contribution in [0, 0.1) is 5.92 Å². The number of aliphatic hydroxyl groups excluding tert-OH is 1. The van der Waals surface area contributed by atoms with Crippen LogP contribution in [0.3, 0.4) is 0 Å². The van der Waals surface area contributed by atoms with E-state index in [1.807, 2.05) is 0 Å². The molecule has 0 radical (unpaired) electrons. The first-order valence-corrected chi connectivity index (χ1v) is 6.43. The second kappa shape index (κ2) is 5.82. The van der Waals surface area contributed by atoms with Crippen LogP contribution in [0.2, 0.25) is 5.15 Å². The standard InChI is InChI=1S/C12H18ClN3O2/c1-8-3-4-16(9(8)6-17)12-5-10(13)14-11(15-12)7-18-2/h5,8-9,17H,3-4,6-7H2,1-2H3. The van der Waals surface area contributed by atoms with Crippen molar-refractivity contribution in [2.75, 3.05) is 25.2 Å². The normalized spacial score (nSPS) is 23.7. The Labute approximate surface area is 112 Å². The summed E-state index contributed by atoms with van der Waals surface area (Å²) in [4.78, 5) is 10.6. The van der Waals surface area contributed by atoms with Gasteiger partial charge in [0.1, 0.15) is 17.6 Å². The van der Waals surface area contributed by atoms with Crippen molar-refractivity contribution in [3.8, 4) is 0 Å². The van der Waals surface area contributed by atoms with Crippen molar-refractivity contribution in [3.05, 3.63) is 17.0 Å². The Kier molecular flexibility index (Phi) is 4.37. The number of nitrogens with zero attached hydrogens (tertiary/aromatic N) is 3. The first-order valence-electron chi connectivity index (χ1n) is 6.05. The molecule has 100 valence electrons. The average molecular weight is 272 g/mol. The maximum Gasteiger partial charge on any atom is 0.158 e. The molecule has 0 bridgehead atoms. The molecule has 1 fully saturated rings. The van der Waals surface area contributed by atoms with Gasteiger partial charge in [-0.15, -0.1) is 0 Å². The fourth-order valence-corrected chi connectivity index (χ4v) is 2.56. The minimum atomic E-state index is 0.103. The van der Waals surface area contributed by atoms with Crippen molar-refractivity contribution in [2.45, 2.75) is 26.0 Å². The van der Waals surface area contributed by atoms with Gasteiger partial charge in [0.2, 0.25) is 0 Å². The highest BCUT2D eigenvalue weighted by Crippen LogP contribution is 2.29. The number of aromatic nitrogens is 2. The second-order valence-corrected chi connectivity index (χ2v) is 4.99. The molecular formula is C12H18ClN3O2. The fourth-order valence-electron chi connectivity index (χ4n) is 2.36. The second-order valence-electron chi connectivity index (χ2n) is 4.61. The molecule has 0 spiro atoms. The number of halogens is 1. The number of rotatable bonds is 4. The van der Waals surface area contributed by atoms with Gasteiger partial charge in [0.25, 0.3) is 0 Å². The van der Waals surface area contributed by atoms with Crippen molar-refractivity contribution in [1.29, 1.82) is 0 Å². The summed E-state index contributed by atoms with van der Waals surface area (Å²) in [6.07, 6.45) is 1.05. The Balaban J connectivity index is 2.27. The van der Waals surface area contributed by atoms with E-state index < -0.39 is 0 Å². The van der Waals surface area contributed by atoms with Crippen LogP contribution in [-0.4, -0.2) is 41.4 Å². The molecular weight excluding hydrogens is 254 g/mol. The van der Waals surface area contributed by atoms with Crippen molar-refractivity contribution in [2.24, 2.45) is 5.92 Å². The summed E-state index contributed by atoms with van der Waals surface area (Å²) in [5, 5.41) is 9.87. The van der Waals surface area contributed by atoms with Crippen LogP contribution in [0.1, 0.15) is 19.2 Å². The zero-order valence-corrected chi connectivity index (χ0v) is 11.4. The fraction of sp³-hybridized carbons (Fsp3) is 0.667. The smallest absolute Gasteiger partial charge is 0.158 e. The number of hydrogen-bond acceptors (Lipinski definition) is 5. The third kappa shape index (κ3) is 2.74. The molecule has 0 saturated carbocycles. The van der Waals surface area contributed by atoms with Crippen molar-refractivity contribution in [3.63, 3.8) is 0 Å². The van der Waals surface area contributed by atoms with E-state index in [9.17, 15) is 5.11 Å². The molecule has 5 nitrogen and oxygen atoms in total. The zero-order chi connectivity index (χ0) is 13.1. The van der Waals surface area contributed by atoms with Crippen molar-refractivity contribution >= 4 is 17.4 Å². The molecule has 1 N–H and O–H groups in total. The Hall–Kier alpha value is -0.910. The average Bonchev–Trinajstić information content (AvgIpc) is 2.70. The van der Waals surface area contributed by atoms with Crippen LogP contribution in [0.4, 0.5) is 5.82 Å². The van der Waals surface area contributed by atoms with E-state index >= 15 is 0 Å². The molecule has 1 aliphatic heterocycles. The van der Waals surface area contributed by atoms with Gasteiger partial charge in [0.05, 0.1) is 12.6 Å². The zero-order valence-electron chi connectivity index (χ0n) is 10.6. The van der Waals surface area contributed by atoms with E-state index in [2.05, 4.69) is 21.8 Å². The Morgan fingerprint density at radius 2 is 2.33 bits per heavy atom. The molecule has 2 heterocycles. The van der Waals surface area contributed by atoms with Gasteiger partial charge < -0.3 is 14.7 Å². The third-order valence-corrected chi connectivity index (χ3v) is 3.56. The summed E-state index contributed by atoms with van der Waals surface area (Å²) in [6.45, 7) is 3.48. The van der Waals surface area contributed by atoms with Gasteiger partial charge in [0.15, 0.2) is 5.82 Å². The molecule has 2 rings (SSSR count). The summed E-state index contributed by atoms with van der Waals surface area (Å²) < 4.78 is 5.02. The van der Waals surface area contributed by atoms with Crippen LogP contribution in [-0.2, 0) is 11.3 Å². The number of anilines is 1. The highest BCUT2D eigenvalue weighted by Gasteiger charge is 2.31. The maximum atomic E-state index is 9.47. The van der Waals surface area contributed by atoms with E-state index in [-0.39, 0.29) is 12.6 Å². The molecule has 1 aromatic heterocycles. The van der Waals surface area contributed by atoms with E-state index in [0.717, 1.165) is 18.8 Å². The molecule has 2 atom stereocenters. The van der Waals surface area contributed by atoms with Gasteiger partial charge in [-0.05, 0) is 12.3 Å². The number of ether oxygens (including phenoxy) is 1. The van der Waals surface area contributed by atoms with Crippen molar-refractivity contribution < 1.29 is 9.84 Å². The molecule has 1 aromatic rings. The number of hydrogen-bond donors (Lipinski definition) is 1. The molecule has 0 aromatic carbocycles. The van der Waals surface area contributed by atoms with E-state index in [4.69, 9.17) is 16.3 Å². The summed E-state index contributed by atoms with van der Waals surface area (Å²) >= 11 is 6.00. The lowest BCUT2D eigenvalue weighted by Crippen LogP contribution is -2.36. The van der Waals surface area contributed by atoms with Crippen LogP contribution >= 0.6 is 11.6 Å². The quantitative estimate of drug-likeness (QED) is 0.841. The monoisotopic (exact) mass is 271 g/mol. The third-order valence-electron chi connectivity index (χ3n) is 3.36. The van der Waals surface area contributed by atoms with Crippen LogP contribution < -0.4 is 4.90 Å². The first kappa shape index (κ1) is 13.5. The summed E-state index contributed by atoms with van der Waals surface area (Å²) in [7, 11) is 1.60. The Morgan fingerprint density at radius 1 is 1.56 bits per heavy atom. The molecule has 18 heavy (non-hydrogen) atoms. The predicted octanol–water partition coefficient (Wildman–Crippen LogP) is 1.48. The molecule has 1 saturated heterocycles.